The Morgan fingerprint density at radius 3 is 2.74 bits per heavy atom. The average molecular weight is 490 g/mol. The summed E-state index contributed by atoms with van der Waals surface area (Å²) in [5.41, 5.74) is 3.38. The van der Waals surface area contributed by atoms with E-state index in [1.807, 2.05) is 18.3 Å². The Bertz CT molecular complexity index is 1320. The molecule has 0 fully saturated rings. The van der Waals surface area contributed by atoms with E-state index in [0.29, 0.717) is 24.2 Å². The Morgan fingerprint density at radius 2 is 2.00 bits per heavy atom. The van der Waals surface area contributed by atoms with Gasteiger partial charge >= 0.3 is 0 Å². The van der Waals surface area contributed by atoms with Crippen LogP contribution in [0.5, 0.6) is 11.5 Å². The van der Waals surface area contributed by atoms with Gasteiger partial charge in [-0.3, -0.25) is 14.8 Å². The highest BCUT2D eigenvalue weighted by Crippen LogP contribution is 2.39. The van der Waals surface area contributed by atoms with Crippen molar-refractivity contribution in [2.75, 3.05) is 6.54 Å². The lowest BCUT2D eigenvalue weighted by Gasteiger charge is -2.09. The number of allylic oxidation sites excluding steroid dienone is 1. The lowest BCUT2D eigenvalue weighted by molar-refractivity contribution is -0.118. The SMILES string of the molecule is C=CCCC(=O)Cc1ccc(Oc2ccnc3cc(-c4ccc(CNCCC)cn4)sc23)c(F)c1. The molecule has 0 amide bonds. The zero-order chi connectivity index (χ0) is 24.6. The lowest BCUT2D eigenvalue weighted by atomic mass is 10.1. The number of fused-ring (bicyclic) bond motifs is 1. The third kappa shape index (κ3) is 6.38. The van der Waals surface area contributed by atoms with Crippen LogP contribution in [0.4, 0.5) is 4.39 Å². The summed E-state index contributed by atoms with van der Waals surface area (Å²) in [6.07, 6.45) is 7.55. The molecule has 0 bridgehead atoms. The van der Waals surface area contributed by atoms with Crippen LogP contribution in [0.1, 0.15) is 37.3 Å². The molecule has 0 saturated heterocycles. The van der Waals surface area contributed by atoms with Crippen LogP contribution in [0, 0.1) is 5.82 Å². The molecule has 0 unspecified atom stereocenters. The van der Waals surface area contributed by atoms with Crippen molar-refractivity contribution >= 4 is 27.3 Å². The van der Waals surface area contributed by atoms with Crippen molar-refractivity contribution in [3.63, 3.8) is 0 Å². The van der Waals surface area contributed by atoms with E-state index < -0.39 is 5.82 Å². The van der Waals surface area contributed by atoms with Gasteiger partial charge in [0, 0.05) is 37.8 Å². The van der Waals surface area contributed by atoms with Gasteiger partial charge in [-0.1, -0.05) is 25.1 Å². The van der Waals surface area contributed by atoms with Crippen LogP contribution in [-0.2, 0) is 17.8 Å². The van der Waals surface area contributed by atoms with Gasteiger partial charge in [-0.05, 0) is 54.8 Å². The molecule has 1 N–H and O–H groups in total. The first kappa shape index (κ1) is 24.7. The van der Waals surface area contributed by atoms with E-state index in [9.17, 15) is 9.18 Å². The summed E-state index contributed by atoms with van der Waals surface area (Å²) in [6.45, 7) is 7.53. The molecule has 3 aromatic heterocycles. The van der Waals surface area contributed by atoms with Crippen LogP contribution < -0.4 is 10.1 Å². The summed E-state index contributed by atoms with van der Waals surface area (Å²) in [4.78, 5) is 22.0. The standard InChI is InChI=1S/C28H28FN3O2S/c1-3-5-6-21(33)14-19-8-10-25(22(29)15-19)34-26-11-13-31-24-16-27(35-28(24)26)23-9-7-20(18-32-23)17-30-12-4-2/h3,7-11,13,15-16,18,30H,1,4-6,12,14,17H2,2H3. The molecule has 35 heavy (non-hydrogen) atoms. The fraction of sp³-hybridized carbons (Fsp3) is 0.250. The van der Waals surface area contributed by atoms with Gasteiger partial charge in [0.15, 0.2) is 11.6 Å². The molecule has 5 nitrogen and oxygen atoms in total. The number of ketones is 1. The topological polar surface area (TPSA) is 64.1 Å². The minimum atomic E-state index is -0.505. The van der Waals surface area contributed by atoms with E-state index in [0.717, 1.165) is 45.9 Å². The van der Waals surface area contributed by atoms with E-state index in [-0.39, 0.29) is 18.0 Å². The predicted molar refractivity (Wildman–Crippen MR) is 139 cm³/mol. The van der Waals surface area contributed by atoms with Crippen molar-refractivity contribution in [3.8, 4) is 22.1 Å². The number of benzene rings is 1. The maximum absolute atomic E-state index is 14.8. The molecule has 3 heterocycles. The first-order valence-electron chi connectivity index (χ1n) is 11.7. The summed E-state index contributed by atoms with van der Waals surface area (Å²) in [7, 11) is 0. The van der Waals surface area contributed by atoms with E-state index in [2.05, 4.69) is 34.9 Å². The second-order valence-electron chi connectivity index (χ2n) is 8.27. The molecule has 1 aromatic carbocycles. The maximum Gasteiger partial charge on any atom is 0.166 e. The molecular formula is C28H28FN3O2S. The van der Waals surface area contributed by atoms with Crippen molar-refractivity contribution in [3.05, 3.63) is 84.5 Å². The first-order valence-corrected chi connectivity index (χ1v) is 12.5. The van der Waals surface area contributed by atoms with Crippen molar-refractivity contribution in [1.82, 2.24) is 15.3 Å². The number of nitrogens with zero attached hydrogens (tertiary/aromatic N) is 2. The molecule has 4 rings (SSSR count). The van der Waals surface area contributed by atoms with Gasteiger partial charge in [0.1, 0.15) is 11.5 Å². The largest absolute Gasteiger partial charge is 0.453 e. The summed E-state index contributed by atoms with van der Waals surface area (Å²) in [6, 6.07) is 12.4. The number of hydrogen-bond donors (Lipinski definition) is 1. The highest BCUT2D eigenvalue weighted by atomic mass is 32.1. The summed E-state index contributed by atoms with van der Waals surface area (Å²) >= 11 is 1.51. The molecule has 4 aromatic rings. The molecule has 0 spiro atoms. The van der Waals surface area contributed by atoms with Crippen LogP contribution in [0.15, 0.2) is 67.5 Å². The summed E-state index contributed by atoms with van der Waals surface area (Å²) < 4.78 is 21.5. The molecule has 0 saturated carbocycles. The Labute approximate surface area is 208 Å². The molecule has 0 aliphatic rings. The molecule has 180 valence electrons. The first-order chi connectivity index (χ1) is 17.1. The number of rotatable bonds is 12. The van der Waals surface area contributed by atoms with Crippen LogP contribution >= 0.6 is 11.3 Å². The molecule has 0 aliphatic heterocycles. The molecular weight excluding hydrogens is 461 g/mol. The van der Waals surface area contributed by atoms with Gasteiger partial charge in [-0.25, -0.2) is 4.39 Å². The number of carbonyl (C=O) groups is 1. The second-order valence-corrected chi connectivity index (χ2v) is 9.32. The van der Waals surface area contributed by atoms with Gasteiger partial charge in [-0.2, -0.15) is 0 Å². The number of aromatic nitrogens is 2. The van der Waals surface area contributed by atoms with Crippen molar-refractivity contribution in [1.29, 1.82) is 0 Å². The van der Waals surface area contributed by atoms with Crippen LogP contribution in [0.25, 0.3) is 20.8 Å². The molecule has 0 aliphatic carbocycles. The molecule has 7 heteroatoms. The maximum atomic E-state index is 14.8. The van der Waals surface area contributed by atoms with E-state index in [4.69, 9.17) is 4.74 Å². The van der Waals surface area contributed by atoms with Gasteiger partial charge in [0.05, 0.1) is 20.8 Å². The second kappa shape index (κ2) is 11.8. The van der Waals surface area contributed by atoms with Crippen molar-refractivity contribution in [2.45, 2.75) is 39.2 Å². The number of ether oxygens (including phenoxy) is 1. The Kier molecular flexibility index (Phi) is 8.34. The summed E-state index contributed by atoms with van der Waals surface area (Å²) in [5.74, 6) is 0.186. The van der Waals surface area contributed by atoms with Gasteiger partial charge in [-0.15, -0.1) is 17.9 Å². The summed E-state index contributed by atoms with van der Waals surface area (Å²) in [5, 5.41) is 3.37. The van der Waals surface area contributed by atoms with E-state index in [1.54, 1.807) is 30.5 Å². The van der Waals surface area contributed by atoms with Crippen LogP contribution in [0.2, 0.25) is 0 Å². The Morgan fingerprint density at radius 1 is 1.14 bits per heavy atom. The quantitative estimate of drug-likeness (QED) is 0.174. The van der Waals surface area contributed by atoms with Crippen molar-refractivity contribution in [2.24, 2.45) is 0 Å². The minimum absolute atomic E-state index is 0.0544. The fourth-order valence-electron chi connectivity index (χ4n) is 3.64. The third-order valence-electron chi connectivity index (χ3n) is 5.45. The Balaban J connectivity index is 1.51. The number of Topliss-reactive ketones (excluding diaryl/α,β-unsaturated/α-hetero) is 1. The molecule has 0 radical (unpaired) electrons. The highest BCUT2D eigenvalue weighted by molar-refractivity contribution is 7.22. The zero-order valence-electron chi connectivity index (χ0n) is 19.7. The van der Waals surface area contributed by atoms with E-state index >= 15 is 0 Å². The molecule has 0 atom stereocenters. The van der Waals surface area contributed by atoms with Gasteiger partial charge in [0.2, 0.25) is 0 Å². The monoisotopic (exact) mass is 489 g/mol. The van der Waals surface area contributed by atoms with E-state index in [1.165, 1.54) is 17.4 Å². The van der Waals surface area contributed by atoms with Crippen molar-refractivity contribution < 1.29 is 13.9 Å². The normalized spacial score (nSPS) is 11.0. The number of carbonyl (C=O) groups excluding carboxylic acids is 1. The smallest absolute Gasteiger partial charge is 0.166 e. The fourth-order valence-corrected chi connectivity index (χ4v) is 4.68. The number of nitrogens with one attached hydrogen (secondary N) is 1. The third-order valence-corrected chi connectivity index (χ3v) is 6.62. The number of hydrogen-bond acceptors (Lipinski definition) is 6. The van der Waals surface area contributed by atoms with Gasteiger partial charge < -0.3 is 10.1 Å². The minimum Gasteiger partial charge on any atom is -0.453 e. The van der Waals surface area contributed by atoms with Crippen LogP contribution in [-0.4, -0.2) is 22.3 Å². The number of pyridine rings is 2. The zero-order valence-corrected chi connectivity index (χ0v) is 20.5. The van der Waals surface area contributed by atoms with Crippen LogP contribution in [0.3, 0.4) is 0 Å². The predicted octanol–water partition coefficient (Wildman–Crippen LogP) is 6.87. The van der Waals surface area contributed by atoms with Gasteiger partial charge in [0.25, 0.3) is 0 Å². The lowest BCUT2D eigenvalue weighted by Crippen LogP contribution is -2.13. The number of halogens is 1. The number of thiophene rings is 1. The highest BCUT2D eigenvalue weighted by Gasteiger charge is 2.14. The average Bonchev–Trinajstić information content (AvgIpc) is 3.30. The Hall–Kier alpha value is -3.42.